The molecule has 106 valence electrons. The van der Waals surface area contributed by atoms with E-state index >= 15 is 0 Å². The number of carbonyl (C=O) groups excluding carboxylic acids is 1. The third-order valence-electron chi connectivity index (χ3n) is 3.15. The summed E-state index contributed by atoms with van der Waals surface area (Å²) in [6.07, 6.45) is 3.28. The summed E-state index contributed by atoms with van der Waals surface area (Å²) in [5, 5.41) is 0.682. The molecule has 0 atom stereocenters. The van der Waals surface area contributed by atoms with E-state index in [1.165, 1.54) is 19.2 Å². The summed E-state index contributed by atoms with van der Waals surface area (Å²) in [6, 6.07) is 7.86. The van der Waals surface area contributed by atoms with Crippen LogP contribution in [0.15, 0.2) is 42.7 Å². The Balaban J connectivity index is 2.23. The maximum absolute atomic E-state index is 13.4. The van der Waals surface area contributed by atoms with Crippen molar-refractivity contribution < 1.29 is 13.9 Å². The van der Waals surface area contributed by atoms with Crippen molar-refractivity contribution in [2.45, 2.75) is 6.42 Å². The van der Waals surface area contributed by atoms with Gasteiger partial charge in [-0.1, -0.05) is 0 Å². The van der Waals surface area contributed by atoms with Crippen LogP contribution in [0.1, 0.15) is 5.69 Å². The number of ether oxygens (including phenoxy) is 1. The number of methoxy groups -OCH3 is 1. The van der Waals surface area contributed by atoms with E-state index in [9.17, 15) is 9.18 Å². The van der Waals surface area contributed by atoms with Crippen LogP contribution in [0.5, 0.6) is 0 Å². The van der Waals surface area contributed by atoms with Crippen molar-refractivity contribution in [1.29, 1.82) is 0 Å². The Kier molecular flexibility index (Phi) is 3.35. The standard InChI is InChI=1S/C15H12FN3O2/c1-21-14(20)9-12-8-10-7-11(16)3-4-13(10)19(12)15-17-5-2-6-18-15/h2-8H,9H2,1H3. The van der Waals surface area contributed by atoms with E-state index < -0.39 is 0 Å². The predicted octanol–water partition coefficient (Wildman–Crippen LogP) is 2.28. The molecule has 2 heterocycles. The highest BCUT2D eigenvalue weighted by molar-refractivity contribution is 5.84. The second-order valence-electron chi connectivity index (χ2n) is 4.48. The molecule has 0 saturated heterocycles. The molecular formula is C15H12FN3O2. The van der Waals surface area contributed by atoms with Gasteiger partial charge < -0.3 is 4.74 Å². The van der Waals surface area contributed by atoms with Crippen LogP contribution < -0.4 is 0 Å². The highest BCUT2D eigenvalue weighted by Crippen LogP contribution is 2.24. The van der Waals surface area contributed by atoms with Gasteiger partial charge in [0.1, 0.15) is 5.82 Å². The first-order chi connectivity index (χ1) is 10.2. The summed E-state index contributed by atoms with van der Waals surface area (Å²) in [5.74, 6) is -0.285. The predicted molar refractivity (Wildman–Crippen MR) is 74.5 cm³/mol. The molecule has 0 spiro atoms. The molecule has 2 aromatic heterocycles. The fraction of sp³-hybridized carbons (Fsp3) is 0.133. The van der Waals surface area contributed by atoms with Crippen molar-refractivity contribution in [2.75, 3.05) is 7.11 Å². The van der Waals surface area contributed by atoms with Crippen molar-refractivity contribution >= 4 is 16.9 Å². The second-order valence-corrected chi connectivity index (χ2v) is 4.48. The van der Waals surface area contributed by atoms with Gasteiger partial charge in [0.2, 0.25) is 5.95 Å². The lowest BCUT2D eigenvalue weighted by molar-refractivity contribution is -0.139. The Hall–Kier alpha value is -2.76. The molecule has 3 aromatic rings. The monoisotopic (exact) mass is 285 g/mol. The van der Waals surface area contributed by atoms with Crippen LogP contribution >= 0.6 is 0 Å². The number of hydrogen-bond donors (Lipinski definition) is 0. The average molecular weight is 285 g/mol. The molecule has 0 amide bonds. The molecule has 0 unspecified atom stereocenters. The summed E-state index contributed by atoms with van der Waals surface area (Å²) in [5.41, 5.74) is 1.38. The number of aromatic nitrogens is 3. The van der Waals surface area contributed by atoms with E-state index in [1.54, 1.807) is 35.2 Å². The molecule has 0 aliphatic carbocycles. The third kappa shape index (κ3) is 2.47. The van der Waals surface area contributed by atoms with Crippen molar-refractivity contribution in [3.8, 4) is 5.95 Å². The van der Waals surface area contributed by atoms with Gasteiger partial charge in [-0.05, 0) is 30.3 Å². The molecule has 5 nitrogen and oxygen atoms in total. The first-order valence-electron chi connectivity index (χ1n) is 6.33. The van der Waals surface area contributed by atoms with Crippen molar-refractivity contribution in [1.82, 2.24) is 14.5 Å². The molecule has 0 radical (unpaired) electrons. The Bertz CT molecular complexity index is 799. The minimum Gasteiger partial charge on any atom is -0.469 e. The van der Waals surface area contributed by atoms with Crippen LogP contribution in [-0.2, 0) is 16.0 Å². The van der Waals surface area contributed by atoms with Gasteiger partial charge in [0.25, 0.3) is 0 Å². The third-order valence-corrected chi connectivity index (χ3v) is 3.15. The van der Waals surface area contributed by atoms with Gasteiger partial charge in [-0.3, -0.25) is 9.36 Å². The zero-order valence-electron chi connectivity index (χ0n) is 11.3. The summed E-state index contributed by atoms with van der Waals surface area (Å²) in [4.78, 5) is 19.9. The minimum atomic E-state index is -0.379. The van der Waals surface area contributed by atoms with Gasteiger partial charge >= 0.3 is 5.97 Å². The summed E-state index contributed by atoms with van der Waals surface area (Å²) in [7, 11) is 1.33. The second kappa shape index (κ2) is 5.32. The molecule has 0 bridgehead atoms. The largest absolute Gasteiger partial charge is 0.469 e. The quantitative estimate of drug-likeness (QED) is 0.693. The lowest BCUT2D eigenvalue weighted by atomic mass is 10.2. The molecule has 3 rings (SSSR count). The number of rotatable bonds is 3. The van der Waals surface area contributed by atoms with Crippen LogP contribution in [0.4, 0.5) is 4.39 Å². The van der Waals surface area contributed by atoms with Crippen LogP contribution in [0.25, 0.3) is 16.9 Å². The molecule has 0 saturated carbocycles. The van der Waals surface area contributed by atoms with Gasteiger partial charge in [-0.2, -0.15) is 0 Å². The van der Waals surface area contributed by atoms with Crippen LogP contribution in [0, 0.1) is 5.82 Å². The molecular weight excluding hydrogens is 273 g/mol. The van der Waals surface area contributed by atoms with Gasteiger partial charge in [0.15, 0.2) is 0 Å². The number of fused-ring (bicyclic) bond motifs is 1. The van der Waals surface area contributed by atoms with Crippen LogP contribution in [-0.4, -0.2) is 27.6 Å². The maximum Gasteiger partial charge on any atom is 0.311 e. The zero-order valence-corrected chi connectivity index (χ0v) is 11.3. The van der Waals surface area contributed by atoms with E-state index in [4.69, 9.17) is 4.74 Å². The number of nitrogens with zero attached hydrogens (tertiary/aromatic N) is 3. The number of carbonyl (C=O) groups is 1. The number of benzene rings is 1. The average Bonchev–Trinajstić information content (AvgIpc) is 2.84. The smallest absolute Gasteiger partial charge is 0.311 e. The van der Waals surface area contributed by atoms with Gasteiger partial charge in [0.05, 0.1) is 19.0 Å². The van der Waals surface area contributed by atoms with Crippen molar-refractivity contribution in [2.24, 2.45) is 0 Å². The Morgan fingerprint density at radius 1 is 1.29 bits per heavy atom. The first kappa shape index (κ1) is 13.2. The fourth-order valence-electron chi connectivity index (χ4n) is 2.24. The van der Waals surface area contributed by atoms with E-state index in [2.05, 4.69) is 9.97 Å². The number of esters is 1. The van der Waals surface area contributed by atoms with E-state index in [1.807, 2.05) is 0 Å². The topological polar surface area (TPSA) is 57.0 Å². The molecule has 1 aromatic carbocycles. The van der Waals surface area contributed by atoms with Gasteiger partial charge in [-0.15, -0.1) is 0 Å². The SMILES string of the molecule is COC(=O)Cc1cc2cc(F)ccc2n1-c1ncccn1. The van der Waals surface area contributed by atoms with Gasteiger partial charge in [-0.25, -0.2) is 14.4 Å². The Morgan fingerprint density at radius 2 is 2.05 bits per heavy atom. The van der Waals surface area contributed by atoms with E-state index in [0.717, 1.165) is 5.52 Å². The molecule has 0 fully saturated rings. The normalized spacial score (nSPS) is 10.8. The zero-order chi connectivity index (χ0) is 14.8. The van der Waals surface area contributed by atoms with E-state index in [0.29, 0.717) is 17.0 Å². The van der Waals surface area contributed by atoms with Crippen LogP contribution in [0.2, 0.25) is 0 Å². The molecule has 0 N–H and O–H groups in total. The minimum absolute atomic E-state index is 0.0606. The van der Waals surface area contributed by atoms with Gasteiger partial charge in [0, 0.05) is 23.5 Å². The van der Waals surface area contributed by atoms with Crippen molar-refractivity contribution in [3.05, 3.63) is 54.2 Å². The lowest BCUT2D eigenvalue weighted by Gasteiger charge is -2.07. The number of hydrogen-bond acceptors (Lipinski definition) is 4. The van der Waals surface area contributed by atoms with E-state index in [-0.39, 0.29) is 18.2 Å². The van der Waals surface area contributed by atoms with Crippen molar-refractivity contribution in [3.63, 3.8) is 0 Å². The molecule has 0 aliphatic heterocycles. The molecule has 6 heteroatoms. The highest BCUT2D eigenvalue weighted by Gasteiger charge is 2.15. The van der Waals surface area contributed by atoms with Crippen LogP contribution in [0.3, 0.4) is 0 Å². The molecule has 21 heavy (non-hydrogen) atoms. The maximum atomic E-state index is 13.4. The molecule has 0 aliphatic rings. The lowest BCUT2D eigenvalue weighted by Crippen LogP contribution is -2.10. The summed E-state index contributed by atoms with van der Waals surface area (Å²) in [6.45, 7) is 0. The highest BCUT2D eigenvalue weighted by atomic mass is 19.1. The fourth-order valence-corrected chi connectivity index (χ4v) is 2.24. The number of halogens is 1. The summed E-state index contributed by atoms with van der Waals surface area (Å²) >= 11 is 0. The summed E-state index contributed by atoms with van der Waals surface area (Å²) < 4.78 is 19.8. The first-order valence-corrected chi connectivity index (χ1v) is 6.33. The Labute approximate surface area is 120 Å². The Morgan fingerprint density at radius 3 is 2.76 bits per heavy atom.